The lowest BCUT2D eigenvalue weighted by Gasteiger charge is -2.20. The first-order valence-corrected chi connectivity index (χ1v) is 6.02. The van der Waals surface area contributed by atoms with Gasteiger partial charge in [-0.1, -0.05) is 30.9 Å². The fraction of sp³-hybridized carbons (Fsp3) is 0.500. The van der Waals surface area contributed by atoms with Crippen LogP contribution in [-0.2, 0) is 0 Å². The molecule has 0 aromatic heterocycles. The summed E-state index contributed by atoms with van der Waals surface area (Å²) >= 11 is 0. The van der Waals surface area contributed by atoms with Crippen LogP contribution in [0.4, 0.5) is 0 Å². The summed E-state index contributed by atoms with van der Waals surface area (Å²) in [6, 6.07) is 0. The van der Waals surface area contributed by atoms with E-state index < -0.39 is 0 Å². The van der Waals surface area contributed by atoms with Crippen LogP contribution in [0.3, 0.4) is 0 Å². The lowest BCUT2D eigenvalue weighted by Crippen LogP contribution is -2.28. The summed E-state index contributed by atoms with van der Waals surface area (Å²) in [6.45, 7) is 9.01. The summed E-state index contributed by atoms with van der Waals surface area (Å²) in [5.41, 5.74) is 1.08. The maximum Gasteiger partial charge on any atom is 0.0418 e. The van der Waals surface area contributed by atoms with E-state index in [4.69, 9.17) is 0 Å². The fourth-order valence-electron chi connectivity index (χ4n) is 1.74. The van der Waals surface area contributed by atoms with Crippen molar-refractivity contribution in [2.45, 2.75) is 19.8 Å². The molecule has 1 rings (SSSR count). The first-order valence-electron chi connectivity index (χ1n) is 6.02. The quantitative estimate of drug-likeness (QED) is 0.557. The highest BCUT2D eigenvalue weighted by Gasteiger charge is 2.11. The number of piperidine rings is 1. The number of aliphatic imine (C=N–C) groups is 1. The molecule has 0 saturated carbocycles. The van der Waals surface area contributed by atoms with Gasteiger partial charge in [-0.3, -0.25) is 4.99 Å². The molecule has 0 aromatic carbocycles. The smallest absolute Gasteiger partial charge is 0.0418 e. The Bertz CT molecular complexity index is 281. The Kier molecular flexibility index (Phi) is 6.50. The number of nitrogens with zero attached hydrogens (tertiary/aromatic N) is 1. The van der Waals surface area contributed by atoms with Gasteiger partial charge in [0.05, 0.1) is 0 Å². The molecule has 1 aliphatic heterocycles. The van der Waals surface area contributed by atoms with Gasteiger partial charge in [-0.25, -0.2) is 0 Å². The summed E-state index contributed by atoms with van der Waals surface area (Å²) in [4.78, 5) is 4.49. The Morgan fingerprint density at radius 2 is 2.19 bits per heavy atom. The van der Waals surface area contributed by atoms with E-state index in [1.807, 2.05) is 37.4 Å². The van der Waals surface area contributed by atoms with Crippen LogP contribution in [0.5, 0.6) is 0 Å². The van der Waals surface area contributed by atoms with Gasteiger partial charge in [0.15, 0.2) is 0 Å². The van der Waals surface area contributed by atoms with Crippen LogP contribution < -0.4 is 5.32 Å². The normalized spacial score (nSPS) is 19.7. The molecule has 1 fully saturated rings. The van der Waals surface area contributed by atoms with Gasteiger partial charge in [-0.15, -0.1) is 0 Å². The van der Waals surface area contributed by atoms with Crippen molar-refractivity contribution in [1.29, 1.82) is 0 Å². The number of hydrogen-bond donors (Lipinski definition) is 1. The molecule has 1 aliphatic rings. The maximum atomic E-state index is 4.49. The van der Waals surface area contributed by atoms with E-state index >= 15 is 0 Å². The summed E-state index contributed by atoms with van der Waals surface area (Å²) in [6.07, 6.45) is 12.3. The highest BCUT2D eigenvalue weighted by atomic mass is 14.9. The van der Waals surface area contributed by atoms with Crippen molar-refractivity contribution in [3.05, 3.63) is 36.5 Å². The standard InChI is InChI=1S/C14H22N2/c1-3-5-6-13(4-2)11-16-12-14-7-9-15-10-8-14/h3-6,11,14-15H,2,7-10,12H2,1H3. The molecule has 0 bridgehead atoms. The first kappa shape index (κ1) is 12.9. The molecular weight excluding hydrogens is 196 g/mol. The predicted octanol–water partition coefficient (Wildman–Crippen LogP) is 2.75. The summed E-state index contributed by atoms with van der Waals surface area (Å²) in [7, 11) is 0. The van der Waals surface area contributed by atoms with Crippen LogP contribution in [0.2, 0.25) is 0 Å². The minimum Gasteiger partial charge on any atom is -0.317 e. The largest absolute Gasteiger partial charge is 0.317 e. The topological polar surface area (TPSA) is 24.4 Å². The van der Waals surface area contributed by atoms with Crippen molar-refractivity contribution in [2.24, 2.45) is 10.9 Å². The highest BCUT2D eigenvalue weighted by molar-refractivity contribution is 5.82. The molecule has 0 unspecified atom stereocenters. The van der Waals surface area contributed by atoms with Crippen molar-refractivity contribution >= 4 is 6.21 Å². The Labute approximate surface area is 98.9 Å². The predicted molar refractivity (Wildman–Crippen MR) is 72.0 cm³/mol. The van der Waals surface area contributed by atoms with E-state index in [1.165, 1.54) is 12.8 Å². The van der Waals surface area contributed by atoms with Gasteiger partial charge >= 0.3 is 0 Å². The zero-order chi connectivity index (χ0) is 11.6. The number of hydrogen-bond acceptors (Lipinski definition) is 2. The van der Waals surface area contributed by atoms with Crippen molar-refractivity contribution in [3.63, 3.8) is 0 Å². The average molecular weight is 218 g/mol. The molecule has 0 spiro atoms. The lowest BCUT2D eigenvalue weighted by atomic mass is 9.98. The van der Waals surface area contributed by atoms with Crippen LogP contribution in [0.25, 0.3) is 0 Å². The van der Waals surface area contributed by atoms with E-state index in [2.05, 4.69) is 16.9 Å². The van der Waals surface area contributed by atoms with Crippen molar-refractivity contribution in [1.82, 2.24) is 5.32 Å². The molecule has 2 heteroatoms. The van der Waals surface area contributed by atoms with Gasteiger partial charge in [0.2, 0.25) is 0 Å². The summed E-state index contributed by atoms with van der Waals surface area (Å²) < 4.78 is 0. The third kappa shape index (κ3) is 5.08. The van der Waals surface area contributed by atoms with Crippen LogP contribution >= 0.6 is 0 Å². The van der Waals surface area contributed by atoms with Gasteiger partial charge in [0.25, 0.3) is 0 Å². The molecule has 0 aromatic rings. The van der Waals surface area contributed by atoms with Crippen molar-refractivity contribution in [2.75, 3.05) is 19.6 Å². The zero-order valence-electron chi connectivity index (χ0n) is 10.2. The molecule has 0 aliphatic carbocycles. The Hall–Kier alpha value is -1.15. The molecule has 1 N–H and O–H groups in total. The molecule has 1 saturated heterocycles. The number of allylic oxidation sites excluding steroid dienone is 5. The Balaban J connectivity index is 2.36. The monoisotopic (exact) mass is 218 g/mol. The molecule has 88 valence electrons. The van der Waals surface area contributed by atoms with E-state index in [0.29, 0.717) is 0 Å². The highest BCUT2D eigenvalue weighted by Crippen LogP contribution is 2.11. The second kappa shape index (κ2) is 8.05. The second-order valence-electron chi connectivity index (χ2n) is 4.08. The molecule has 2 nitrogen and oxygen atoms in total. The average Bonchev–Trinajstić information content (AvgIpc) is 2.35. The van der Waals surface area contributed by atoms with Crippen LogP contribution in [0, 0.1) is 5.92 Å². The van der Waals surface area contributed by atoms with Crippen LogP contribution in [-0.4, -0.2) is 25.8 Å². The van der Waals surface area contributed by atoms with Gasteiger partial charge in [0.1, 0.15) is 0 Å². The Morgan fingerprint density at radius 1 is 1.44 bits per heavy atom. The number of nitrogens with one attached hydrogen (secondary N) is 1. The molecular formula is C14H22N2. The van der Waals surface area contributed by atoms with E-state index in [1.54, 1.807) is 0 Å². The minimum atomic E-state index is 0.755. The van der Waals surface area contributed by atoms with Gasteiger partial charge < -0.3 is 5.32 Å². The number of rotatable bonds is 5. The lowest BCUT2D eigenvalue weighted by molar-refractivity contribution is 0.383. The summed E-state index contributed by atoms with van der Waals surface area (Å²) in [5, 5.41) is 3.36. The van der Waals surface area contributed by atoms with Crippen LogP contribution in [0.15, 0.2) is 41.4 Å². The van der Waals surface area contributed by atoms with E-state index in [-0.39, 0.29) is 0 Å². The van der Waals surface area contributed by atoms with Crippen LogP contribution in [0.1, 0.15) is 19.8 Å². The zero-order valence-corrected chi connectivity index (χ0v) is 10.2. The molecule has 0 atom stereocenters. The van der Waals surface area contributed by atoms with Gasteiger partial charge in [-0.05, 0) is 44.3 Å². The van der Waals surface area contributed by atoms with Gasteiger partial charge in [-0.2, -0.15) is 0 Å². The summed E-state index contributed by atoms with van der Waals surface area (Å²) in [5.74, 6) is 0.755. The van der Waals surface area contributed by atoms with E-state index in [9.17, 15) is 0 Å². The second-order valence-corrected chi connectivity index (χ2v) is 4.08. The third-order valence-electron chi connectivity index (χ3n) is 2.78. The maximum absolute atomic E-state index is 4.49. The third-order valence-corrected chi connectivity index (χ3v) is 2.78. The molecule has 0 amide bonds. The Morgan fingerprint density at radius 3 is 2.81 bits per heavy atom. The van der Waals surface area contributed by atoms with Crippen molar-refractivity contribution < 1.29 is 0 Å². The van der Waals surface area contributed by atoms with Gasteiger partial charge in [0, 0.05) is 12.8 Å². The molecule has 0 radical (unpaired) electrons. The fourth-order valence-corrected chi connectivity index (χ4v) is 1.74. The van der Waals surface area contributed by atoms with Crippen molar-refractivity contribution in [3.8, 4) is 0 Å². The molecule has 1 heterocycles. The minimum absolute atomic E-state index is 0.755. The molecule has 16 heavy (non-hydrogen) atoms. The van der Waals surface area contributed by atoms with E-state index in [0.717, 1.165) is 31.1 Å². The SMILES string of the molecule is C=CC(C=NCC1CCNCC1)=CC=CC. The first-order chi connectivity index (χ1) is 7.86.